The zero-order chi connectivity index (χ0) is 23.8. The van der Waals surface area contributed by atoms with Crippen LogP contribution >= 0.6 is 0 Å². The highest BCUT2D eigenvalue weighted by Gasteiger charge is 2.25. The minimum atomic E-state index is 0.151. The summed E-state index contributed by atoms with van der Waals surface area (Å²) in [7, 11) is 0. The highest BCUT2D eigenvalue weighted by atomic mass is 14.3. The van der Waals surface area contributed by atoms with Crippen molar-refractivity contribution in [1.82, 2.24) is 0 Å². The van der Waals surface area contributed by atoms with Crippen LogP contribution in [0.3, 0.4) is 0 Å². The maximum atomic E-state index is 2.42. The van der Waals surface area contributed by atoms with Gasteiger partial charge in [0.05, 0.1) is 0 Å². The van der Waals surface area contributed by atoms with Crippen molar-refractivity contribution in [3.8, 4) is 0 Å². The molecular formula is C35H30. The van der Waals surface area contributed by atoms with Gasteiger partial charge in [-0.2, -0.15) is 0 Å². The SMILES string of the molecule is CCCc1ccc2ccccc2c1C(c1ccc2ccccc2c1)c1c(C)ccc2ccccc12. The Morgan fingerprint density at radius 3 is 1.83 bits per heavy atom. The first-order chi connectivity index (χ1) is 17.2. The van der Waals surface area contributed by atoms with Gasteiger partial charge in [0, 0.05) is 5.92 Å². The lowest BCUT2D eigenvalue weighted by Gasteiger charge is -2.27. The molecule has 6 rings (SSSR count). The molecule has 6 aromatic carbocycles. The number of hydrogen-bond donors (Lipinski definition) is 0. The summed E-state index contributed by atoms with van der Waals surface area (Å²) < 4.78 is 0. The van der Waals surface area contributed by atoms with E-state index in [4.69, 9.17) is 0 Å². The summed E-state index contributed by atoms with van der Waals surface area (Å²) in [6.07, 6.45) is 2.21. The van der Waals surface area contributed by atoms with Gasteiger partial charge in [-0.15, -0.1) is 0 Å². The molecule has 0 N–H and O–H groups in total. The highest BCUT2D eigenvalue weighted by molar-refractivity contribution is 5.93. The van der Waals surface area contributed by atoms with Crippen LogP contribution in [0.4, 0.5) is 0 Å². The highest BCUT2D eigenvalue weighted by Crippen LogP contribution is 2.43. The van der Waals surface area contributed by atoms with E-state index in [1.807, 2.05) is 0 Å². The van der Waals surface area contributed by atoms with Crippen molar-refractivity contribution in [3.63, 3.8) is 0 Å². The van der Waals surface area contributed by atoms with Gasteiger partial charge < -0.3 is 0 Å². The summed E-state index contributed by atoms with van der Waals surface area (Å²) in [4.78, 5) is 0. The molecule has 0 saturated heterocycles. The zero-order valence-corrected chi connectivity index (χ0v) is 20.5. The fourth-order valence-corrected chi connectivity index (χ4v) is 5.82. The molecule has 0 nitrogen and oxygen atoms in total. The first-order valence-electron chi connectivity index (χ1n) is 12.7. The lowest BCUT2D eigenvalue weighted by molar-refractivity contribution is 0.881. The fourth-order valence-electron chi connectivity index (χ4n) is 5.82. The Kier molecular flexibility index (Phi) is 5.58. The minimum Gasteiger partial charge on any atom is -0.0651 e. The average molecular weight is 451 g/mol. The van der Waals surface area contributed by atoms with E-state index < -0.39 is 0 Å². The first kappa shape index (κ1) is 21.6. The molecule has 0 amide bonds. The maximum Gasteiger partial charge on any atom is 0.0357 e. The number of aryl methyl sites for hydroxylation is 2. The van der Waals surface area contributed by atoms with Crippen molar-refractivity contribution in [2.24, 2.45) is 0 Å². The molecule has 0 aromatic heterocycles. The Morgan fingerprint density at radius 1 is 0.543 bits per heavy atom. The average Bonchev–Trinajstić information content (AvgIpc) is 2.91. The smallest absolute Gasteiger partial charge is 0.0357 e. The third kappa shape index (κ3) is 3.80. The molecule has 0 bridgehead atoms. The molecule has 0 aliphatic carbocycles. The van der Waals surface area contributed by atoms with Gasteiger partial charge in [0.2, 0.25) is 0 Å². The molecule has 6 aromatic rings. The van der Waals surface area contributed by atoms with E-state index >= 15 is 0 Å². The molecule has 35 heavy (non-hydrogen) atoms. The quantitative estimate of drug-likeness (QED) is 0.229. The summed E-state index contributed by atoms with van der Waals surface area (Å²) in [5, 5.41) is 7.91. The summed E-state index contributed by atoms with van der Waals surface area (Å²) in [6, 6.07) is 42.8. The van der Waals surface area contributed by atoms with Gasteiger partial charge in [0.1, 0.15) is 0 Å². The predicted octanol–water partition coefficient (Wildman–Crippen LogP) is 9.59. The molecule has 0 aliphatic rings. The molecule has 1 unspecified atom stereocenters. The van der Waals surface area contributed by atoms with Gasteiger partial charge >= 0.3 is 0 Å². The lowest BCUT2D eigenvalue weighted by atomic mass is 9.76. The number of hydrogen-bond acceptors (Lipinski definition) is 0. The zero-order valence-electron chi connectivity index (χ0n) is 20.5. The predicted molar refractivity (Wildman–Crippen MR) is 152 cm³/mol. The van der Waals surface area contributed by atoms with Crippen LogP contribution in [0.25, 0.3) is 32.3 Å². The normalized spacial score (nSPS) is 12.4. The van der Waals surface area contributed by atoms with Crippen LogP contribution in [0.5, 0.6) is 0 Å². The number of benzene rings is 6. The summed E-state index contributed by atoms with van der Waals surface area (Å²) >= 11 is 0. The largest absolute Gasteiger partial charge is 0.0651 e. The van der Waals surface area contributed by atoms with Crippen LogP contribution in [0, 0.1) is 6.92 Å². The van der Waals surface area contributed by atoms with Gasteiger partial charge in [0.15, 0.2) is 0 Å². The number of rotatable bonds is 5. The van der Waals surface area contributed by atoms with Crippen molar-refractivity contribution in [2.75, 3.05) is 0 Å². The second-order valence-corrected chi connectivity index (χ2v) is 9.67. The van der Waals surface area contributed by atoms with E-state index in [1.165, 1.54) is 60.1 Å². The van der Waals surface area contributed by atoms with E-state index in [0.29, 0.717) is 0 Å². The van der Waals surface area contributed by atoms with Crippen LogP contribution in [0.2, 0.25) is 0 Å². The molecular weight excluding hydrogens is 420 g/mol. The van der Waals surface area contributed by atoms with Gasteiger partial charge in [-0.1, -0.05) is 129 Å². The molecule has 0 fully saturated rings. The Morgan fingerprint density at radius 2 is 1.11 bits per heavy atom. The molecule has 0 saturated carbocycles. The number of fused-ring (bicyclic) bond motifs is 3. The van der Waals surface area contributed by atoms with Crippen LogP contribution in [-0.2, 0) is 6.42 Å². The Bertz CT molecular complexity index is 1670. The third-order valence-electron chi connectivity index (χ3n) is 7.45. The Balaban J connectivity index is 1.75. The van der Waals surface area contributed by atoms with E-state index in [9.17, 15) is 0 Å². The van der Waals surface area contributed by atoms with E-state index in [0.717, 1.165) is 12.8 Å². The standard InChI is InChI=1S/C35H30/c1-3-10-28-21-20-27-13-7-9-16-32(27)34(28)35(30-22-19-25-11-4-5-14-29(25)23-30)33-24(2)17-18-26-12-6-8-15-31(26)33/h4-9,11-23,35H,3,10H2,1-2H3. The molecule has 0 heterocycles. The minimum absolute atomic E-state index is 0.151. The van der Waals surface area contributed by atoms with E-state index in [1.54, 1.807) is 0 Å². The van der Waals surface area contributed by atoms with Crippen LogP contribution in [-0.4, -0.2) is 0 Å². The second-order valence-electron chi connectivity index (χ2n) is 9.67. The summed E-state index contributed by atoms with van der Waals surface area (Å²) in [5.74, 6) is 0.151. The van der Waals surface area contributed by atoms with Crippen molar-refractivity contribution < 1.29 is 0 Å². The topological polar surface area (TPSA) is 0 Å². The molecule has 0 aliphatic heterocycles. The molecule has 0 radical (unpaired) electrons. The van der Waals surface area contributed by atoms with Gasteiger partial charge in [-0.05, 0) is 73.5 Å². The van der Waals surface area contributed by atoms with Crippen molar-refractivity contribution in [2.45, 2.75) is 32.6 Å². The van der Waals surface area contributed by atoms with Crippen molar-refractivity contribution in [3.05, 3.63) is 143 Å². The fraction of sp³-hybridized carbons (Fsp3) is 0.143. The van der Waals surface area contributed by atoms with Gasteiger partial charge in [0.25, 0.3) is 0 Å². The van der Waals surface area contributed by atoms with Gasteiger partial charge in [-0.25, -0.2) is 0 Å². The molecule has 0 heteroatoms. The van der Waals surface area contributed by atoms with E-state index in [-0.39, 0.29) is 5.92 Å². The Labute approximate surface area is 207 Å². The van der Waals surface area contributed by atoms with E-state index in [2.05, 4.69) is 129 Å². The summed E-state index contributed by atoms with van der Waals surface area (Å²) in [6.45, 7) is 4.56. The summed E-state index contributed by atoms with van der Waals surface area (Å²) in [5.41, 5.74) is 7.04. The van der Waals surface area contributed by atoms with Gasteiger partial charge in [-0.3, -0.25) is 0 Å². The van der Waals surface area contributed by atoms with Crippen LogP contribution in [0.15, 0.2) is 115 Å². The van der Waals surface area contributed by atoms with Crippen LogP contribution < -0.4 is 0 Å². The maximum absolute atomic E-state index is 2.42. The lowest BCUT2D eigenvalue weighted by Crippen LogP contribution is -2.10. The third-order valence-corrected chi connectivity index (χ3v) is 7.45. The van der Waals surface area contributed by atoms with Crippen molar-refractivity contribution in [1.29, 1.82) is 0 Å². The molecule has 170 valence electrons. The molecule has 1 atom stereocenters. The van der Waals surface area contributed by atoms with Crippen molar-refractivity contribution >= 4 is 32.3 Å². The Hall–Kier alpha value is -3.90. The van der Waals surface area contributed by atoms with Crippen LogP contribution in [0.1, 0.15) is 47.1 Å². The first-order valence-corrected chi connectivity index (χ1v) is 12.7. The molecule has 0 spiro atoms. The second kappa shape index (κ2) is 9.04. The monoisotopic (exact) mass is 450 g/mol.